The molecule has 48 heavy (non-hydrogen) atoms. The molecule has 0 bridgehead atoms. The van der Waals surface area contributed by atoms with Gasteiger partial charge in [-0.1, -0.05) is 12.1 Å². The number of esters is 1. The van der Waals surface area contributed by atoms with Crippen LogP contribution in [0.3, 0.4) is 0 Å². The number of ether oxygens (including phenoxy) is 4. The Bertz CT molecular complexity index is 1500. The molecule has 2 aromatic carbocycles. The molecule has 0 aliphatic heterocycles. The van der Waals surface area contributed by atoms with Crippen LogP contribution in [-0.4, -0.2) is 65.2 Å². The van der Waals surface area contributed by atoms with E-state index in [-0.39, 0.29) is 36.9 Å². The summed E-state index contributed by atoms with van der Waals surface area (Å²) < 4.78 is 23.2. The summed E-state index contributed by atoms with van der Waals surface area (Å²) in [5.74, 6) is 0.428. The van der Waals surface area contributed by atoms with Gasteiger partial charge in [-0.05, 0) is 110 Å². The lowest BCUT2D eigenvalue weighted by molar-refractivity contribution is -0.158. The van der Waals surface area contributed by atoms with Crippen molar-refractivity contribution in [1.29, 1.82) is 0 Å². The first-order valence-electron chi connectivity index (χ1n) is 16.4. The maximum atomic E-state index is 13.6. The number of benzene rings is 2. The van der Waals surface area contributed by atoms with E-state index in [1.54, 1.807) is 62.2 Å². The molecular formula is C37H48N4O7. The van der Waals surface area contributed by atoms with E-state index in [1.807, 2.05) is 52.0 Å². The third-order valence-electron chi connectivity index (χ3n) is 7.24. The molecule has 0 saturated heterocycles. The summed E-state index contributed by atoms with van der Waals surface area (Å²) >= 11 is 0. The fraction of sp³-hybridized carbons (Fsp3) is 0.459. The molecule has 258 valence electrons. The van der Waals surface area contributed by atoms with Gasteiger partial charge in [0.1, 0.15) is 17.2 Å². The number of azo groups is 1. The normalized spacial score (nSPS) is 11.5. The van der Waals surface area contributed by atoms with Gasteiger partial charge in [0.2, 0.25) is 0 Å². The zero-order valence-electron chi connectivity index (χ0n) is 29.1. The first-order chi connectivity index (χ1) is 22.9. The predicted octanol–water partition coefficient (Wildman–Crippen LogP) is 7.48. The van der Waals surface area contributed by atoms with Crippen molar-refractivity contribution in [3.05, 3.63) is 83.7 Å². The molecule has 3 rings (SSSR count). The molecular weight excluding hydrogens is 612 g/mol. The molecule has 0 saturated carbocycles. The minimum Gasteiger partial charge on any atom is -0.494 e. The van der Waals surface area contributed by atoms with Crippen LogP contribution in [0.4, 0.5) is 0 Å². The van der Waals surface area contributed by atoms with Crippen molar-refractivity contribution in [2.24, 2.45) is 10.2 Å². The van der Waals surface area contributed by atoms with E-state index in [4.69, 9.17) is 18.9 Å². The number of rotatable bonds is 18. The number of hydrogen-bond donors (Lipinski definition) is 0. The summed E-state index contributed by atoms with van der Waals surface area (Å²) in [5.41, 5.74) is 0.355. The van der Waals surface area contributed by atoms with Gasteiger partial charge in [0.15, 0.2) is 5.60 Å². The van der Waals surface area contributed by atoms with Crippen molar-refractivity contribution < 1.29 is 33.3 Å². The molecule has 1 aromatic heterocycles. The Morgan fingerprint density at radius 2 is 1.52 bits per heavy atom. The zero-order chi connectivity index (χ0) is 35.1. The van der Waals surface area contributed by atoms with E-state index in [9.17, 15) is 14.4 Å². The first-order valence-corrected chi connectivity index (χ1v) is 16.4. The van der Waals surface area contributed by atoms with Gasteiger partial charge in [0.25, 0.3) is 11.8 Å². The van der Waals surface area contributed by atoms with E-state index >= 15 is 0 Å². The number of carbonyl (C=O) groups is 3. The predicted molar refractivity (Wildman–Crippen MR) is 183 cm³/mol. The Balaban J connectivity index is 1.48. The van der Waals surface area contributed by atoms with Crippen LogP contribution < -0.4 is 14.2 Å². The van der Waals surface area contributed by atoms with Crippen LogP contribution in [0.5, 0.6) is 17.2 Å². The molecule has 0 atom stereocenters. The van der Waals surface area contributed by atoms with E-state index < -0.39 is 17.5 Å². The number of nitrogens with zero attached hydrogens (tertiary/aromatic N) is 4. The first kappa shape index (κ1) is 37.7. The Hall–Kier alpha value is -4.80. The second-order valence-electron chi connectivity index (χ2n) is 12.2. The third-order valence-corrected chi connectivity index (χ3v) is 7.24. The second-order valence-corrected chi connectivity index (χ2v) is 12.2. The smallest absolute Gasteiger partial charge is 0.349 e. The van der Waals surface area contributed by atoms with E-state index in [1.165, 1.54) is 6.20 Å². The van der Waals surface area contributed by atoms with Crippen molar-refractivity contribution in [2.75, 3.05) is 19.8 Å². The number of unbranched alkanes of at least 4 members (excludes halogenated alkanes) is 2. The van der Waals surface area contributed by atoms with Gasteiger partial charge < -0.3 is 23.8 Å². The number of pyridine rings is 1. The molecule has 0 spiro atoms. The van der Waals surface area contributed by atoms with Gasteiger partial charge in [-0.3, -0.25) is 14.6 Å². The van der Waals surface area contributed by atoms with Crippen LogP contribution in [0.1, 0.15) is 94.0 Å². The van der Waals surface area contributed by atoms with Crippen molar-refractivity contribution in [3.63, 3.8) is 0 Å². The lowest BCUT2D eigenvalue weighted by atomic mass is 10.1. The molecule has 0 N–H and O–H groups in total. The quantitative estimate of drug-likeness (QED) is 0.0780. The largest absolute Gasteiger partial charge is 0.494 e. The van der Waals surface area contributed by atoms with Crippen molar-refractivity contribution >= 4 is 17.8 Å². The molecule has 1 heterocycles. The van der Waals surface area contributed by atoms with Crippen LogP contribution in [0.15, 0.2) is 77.2 Å². The molecule has 0 aliphatic rings. The van der Waals surface area contributed by atoms with E-state index in [0.29, 0.717) is 30.1 Å². The third kappa shape index (κ3) is 11.5. The molecule has 0 aliphatic carbocycles. The van der Waals surface area contributed by atoms with Crippen LogP contribution >= 0.6 is 0 Å². The Morgan fingerprint density at radius 1 is 0.875 bits per heavy atom. The van der Waals surface area contributed by atoms with Crippen molar-refractivity contribution in [2.45, 2.75) is 92.0 Å². The van der Waals surface area contributed by atoms with Gasteiger partial charge in [-0.15, -0.1) is 5.11 Å². The Morgan fingerprint density at radius 3 is 2.12 bits per heavy atom. The van der Waals surface area contributed by atoms with Gasteiger partial charge in [0.05, 0.1) is 37.5 Å². The minimum atomic E-state index is -1.31. The molecule has 0 radical (unpaired) electrons. The molecule has 11 heteroatoms. The molecule has 3 aromatic rings. The summed E-state index contributed by atoms with van der Waals surface area (Å²) in [6.07, 6.45) is 5.58. The van der Waals surface area contributed by atoms with Gasteiger partial charge in [-0.25, -0.2) is 4.79 Å². The SMILES string of the molecule is CCOC(=O)C(C)(C)Oc1cc(OCCCCCOc2ccc(CN=NC(=O)c3cccnc3)cc2)ccc1C(=O)N(C(C)C)C(C)C. The van der Waals surface area contributed by atoms with Crippen molar-refractivity contribution in [3.8, 4) is 17.2 Å². The van der Waals surface area contributed by atoms with Crippen molar-refractivity contribution in [1.82, 2.24) is 9.88 Å². The lowest BCUT2D eigenvalue weighted by Crippen LogP contribution is -2.43. The number of aromatic nitrogens is 1. The van der Waals surface area contributed by atoms with Gasteiger partial charge >= 0.3 is 5.97 Å². The van der Waals surface area contributed by atoms with Crippen LogP contribution in [0.25, 0.3) is 0 Å². The number of hydrogen-bond acceptors (Lipinski definition) is 9. The molecule has 2 amide bonds. The summed E-state index contributed by atoms with van der Waals surface area (Å²) in [6.45, 7) is 14.4. The highest BCUT2D eigenvalue weighted by Gasteiger charge is 2.34. The standard InChI is InChI=1S/C37H48N4O7/c1-8-45-36(44)37(6,7)48-33-23-31(18-19-32(33)35(43)41(26(2)3)27(4)5)47-22-11-9-10-21-46-30-16-14-28(15-17-30)24-39-40-34(42)29-13-12-20-38-25-29/h12-20,23,25-27H,8-11,21-22,24H2,1-7H3. The zero-order valence-corrected chi connectivity index (χ0v) is 29.1. The molecule has 0 unspecified atom stereocenters. The average molecular weight is 661 g/mol. The van der Waals surface area contributed by atoms with Crippen LogP contribution in [0.2, 0.25) is 0 Å². The monoisotopic (exact) mass is 660 g/mol. The average Bonchev–Trinajstić information content (AvgIpc) is 3.05. The summed E-state index contributed by atoms with van der Waals surface area (Å²) in [6, 6.07) is 15.9. The van der Waals surface area contributed by atoms with Gasteiger partial charge in [-0.2, -0.15) is 5.11 Å². The lowest BCUT2D eigenvalue weighted by Gasteiger charge is -2.32. The van der Waals surface area contributed by atoms with Crippen LogP contribution in [-0.2, 0) is 16.1 Å². The second kappa shape index (κ2) is 18.5. The highest BCUT2D eigenvalue weighted by atomic mass is 16.6. The Kier molecular flexibility index (Phi) is 14.5. The summed E-state index contributed by atoms with van der Waals surface area (Å²) in [4.78, 5) is 43.9. The molecule has 0 fully saturated rings. The Labute approximate surface area is 283 Å². The molecule has 11 nitrogen and oxygen atoms in total. The van der Waals surface area contributed by atoms with Crippen LogP contribution in [0, 0.1) is 0 Å². The maximum absolute atomic E-state index is 13.6. The maximum Gasteiger partial charge on any atom is 0.349 e. The van der Waals surface area contributed by atoms with E-state index in [0.717, 1.165) is 30.6 Å². The fourth-order valence-electron chi connectivity index (χ4n) is 4.86. The summed E-state index contributed by atoms with van der Waals surface area (Å²) in [7, 11) is 0. The summed E-state index contributed by atoms with van der Waals surface area (Å²) in [5, 5.41) is 7.73. The van der Waals surface area contributed by atoms with Gasteiger partial charge in [0, 0.05) is 30.5 Å². The fourth-order valence-corrected chi connectivity index (χ4v) is 4.86. The highest BCUT2D eigenvalue weighted by molar-refractivity contribution is 5.98. The highest BCUT2D eigenvalue weighted by Crippen LogP contribution is 2.31. The number of carbonyl (C=O) groups excluding carboxylic acids is 3. The van der Waals surface area contributed by atoms with E-state index in [2.05, 4.69) is 15.2 Å². The minimum absolute atomic E-state index is 0.0262. The number of amides is 2. The topological polar surface area (TPSA) is 129 Å².